The number of hydrogen-bond donors (Lipinski definition) is 1. The van der Waals surface area contributed by atoms with Gasteiger partial charge in [-0.15, -0.1) is 11.3 Å². The van der Waals surface area contributed by atoms with Gasteiger partial charge in [0.25, 0.3) is 0 Å². The lowest BCUT2D eigenvalue weighted by Crippen LogP contribution is -1.94. The Morgan fingerprint density at radius 1 is 1.25 bits per heavy atom. The van der Waals surface area contributed by atoms with E-state index in [2.05, 4.69) is 0 Å². The highest BCUT2D eigenvalue weighted by Gasteiger charge is 2.02. The van der Waals surface area contributed by atoms with Crippen LogP contribution in [0.1, 0.15) is 10.4 Å². The van der Waals surface area contributed by atoms with Crippen molar-refractivity contribution in [2.24, 2.45) is 0 Å². The van der Waals surface area contributed by atoms with Crippen molar-refractivity contribution in [3.63, 3.8) is 0 Å². The standard InChI is InChI=1S/C9H6O2S.CHCl3/c10-9(11)7-1-2-8-6(5-7)3-4-12-8;2-1(3)4/h1-5H,(H,10,11);1H. The third-order valence-electron chi connectivity index (χ3n) is 1.70. The van der Waals surface area contributed by atoms with Crippen LogP contribution in [0.5, 0.6) is 0 Å². The second kappa shape index (κ2) is 6.30. The summed E-state index contributed by atoms with van der Waals surface area (Å²) in [7, 11) is 0. The lowest BCUT2D eigenvalue weighted by Gasteiger charge is -1.92. The van der Waals surface area contributed by atoms with Crippen LogP contribution in [0.3, 0.4) is 0 Å². The second-order valence-corrected chi connectivity index (χ2v) is 5.65. The maximum absolute atomic E-state index is 10.6. The van der Waals surface area contributed by atoms with Gasteiger partial charge in [-0.05, 0) is 35.0 Å². The zero-order valence-corrected chi connectivity index (χ0v) is 10.9. The first-order valence-electron chi connectivity index (χ1n) is 4.13. The van der Waals surface area contributed by atoms with Crippen LogP contribution in [0.2, 0.25) is 0 Å². The van der Waals surface area contributed by atoms with Gasteiger partial charge in [0.2, 0.25) is 0 Å². The summed E-state index contributed by atoms with van der Waals surface area (Å²) in [5, 5.41) is 11.6. The number of hydrogen-bond acceptors (Lipinski definition) is 2. The lowest BCUT2D eigenvalue weighted by atomic mass is 10.2. The Morgan fingerprint density at radius 3 is 2.44 bits per heavy atom. The molecule has 86 valence electrons. The second-order valence-electron chi connectivity index (χ2n) is 2.73. The molecule has 16 heavy (non-hydrogen) atoms. The molecule has 0 aliphatic heterocycles. The number of halogens is 3. The van der Waals surface area contributed by atoms with E-state index in [1.165, 1.54) is 0 Å². The predicted molar refractivity (Wildman–Crippen MR) is 70.1 cm³/mol. The van der Waals surface area contributed by atoms with Gasteiger partial charge in [0.05, 0.1) is 5.56 Å². The van der Waals surface area contributed by atoms with Gasteiger partial charge in [-0.1, -0.05) is 34.8 Å². The summed E-state index contributed by atoms with van der Waals surface area (Å²) >= 11 is 16.0. The van der Waals surface area contributed by atoms with Gasteiger partial charge in [0.1, 0.15) is 0 Å². The Bertz CT molecular complexity index is 479. The van der Waals surface area contributed by atoms with E-state index in [0.717, 1.165) is 10.1 Å². The number of aromatic carboxylic acids is 1. The average molecular weight is 298 g/mol. The minimum absolute atomic E-state index is 0.348. The Hall–Kier alpha value is -0.480. The van der Waals surface area contributed by atoms with E-state index < -0.39 is 10.3 Å². The van der Waals surface area contributed by atoms with Crippen molar-refractivity contribution in [3.05, 3.63) is 35.2 Å². The summed E-state index contributed by atoms with van der Waals surface area (Å²) in [5.74, 6) is -0.872. The third kappa shape index (κ3) is 4.18. The van der Waals surface area contributed by atoms with E-state index in [-0.39, 0.29) is 0 Å². The first-order valence-corrected chi connectivity index (χ1v) is 6.32. The summed E-state index contributed by atoms with van der Waals surface area (Å²) in [6, 6.07) is 7.07. The minimum Gasteiger partial charge on any atom is -0.478 e. The molecular formula is C10H7Cl3O2S. The fourth-order valence-electron chi connectivity index (χ4n) is 1.10. The Morgan fingerprint density at radius 2 is 1.88 bits per heavy atom. The van der Waals surface area contributed by atoms with Gasteiger partial charge in [-0.3, -0.25) is 0 Å². The summed E-state index contributed by atoms with van der Waals surface area (Å²) in [6.07, 6.45) is 0. The molecule has 0 saturated carbocycles. The van der Waals surface area contributed by atoms with Crippen LogP contribution in [-0.4, -0.2) is 15.4 Å². The van der Waals surface area contributed by atoms with Crippen molar-refractivity contribution in [1.29, 1.82) is 0 Å². The molecule has 0 aliphatic rings. The molecule has 0 amide bonds. The predicted octanol–water partition coefficient (Wildman–Crippen LogP) is 4.59. The van der Waals surface area contributed by atoms with Crippen LogP contribution in [0.15, 0.2) is 29.6 Å². The van der Waals surface area contributed by atoms with Gasteiger partial charge in [-0.2, -0.15) is 0 Å². The molecule has 0 unspecified atom stereocenters. The van der Waals surface area contributed by atoms with Crippen molar-refractivity contribution in [3.8, 4) is 0 Å². The zero-order chi connectivity index (χ0) is 12.1. The van der Waals surface area contributed by atoms with E-state index in [0.29, 0.717) is 5.56 Å². The third-order valence-corrected chi connectivity index (χ3v) is 2.60. The molecule has 2 nitrogen and oxygen atoms in total. The number of carboxylic acid groups (broad SMARTS) is 1. The van der Waals surface area contributed by atoms with Gasteiger partial charge in [0.15, 0.2) is 4.30 Å². The average Bonchev–Trinajstić information content (AvgIpc) is 2.62. The molecule has 1 aromatic carbocycles. The van der Waals surface area contributed by atoms with E-state index in [4.69, 9.17) is 39.9 Å². The van der Waals surface area contributed by atoms with Gasteiger partial charge >= 0.3 is 5.97 Å². The van der Waals surface area contributed by atoms with Crippen LogP contribution < -0.4 is 0 Å². The number of thiophene rings is 1. The highest BCUT2D eigenvalue weighted by Crippen LogP contribution is 2.21. The highest BCUT2D eigenvalue weighted by atomic mass is 35.6. The molecule has 2 aromatic rings. The number of alkyl halides is 3. The summed E-state index contributed by atoms with van der Waals surface area (Å²) in [4.78, 5) is 10.6. The van der Waals surface area contributed by atoms with Crippen molar-refractivity contribution >= 4 is 62.2 Å². The topological polar surface area (TPSA) is 37.3 Å². The Kier molecular flexibility index (Phi) is 5.35. The molecule has 0 radical (unpaired) electrons. The molecule has 1 N–H and O–H groups in total. The minimum atomic E-state index is -0.872. The first-order chi connectivity index (χ1) is 7.50. The van der Waals surface area contributed by atoms with Crippen LogP contribution in [-0.2, 0) is 0 Å². The SMILES string of the molecule is ClC(Cl)Cl.O=C(O)c1ccc2sccc2c1. The smallest absolute Gasteiger partial charge is 0.335 e. The van der Waals surface area contributed by atoms with E-state index in [9.17, 15) is 4.79 Å². The Labute approximate surface area is 111 Å². The monoisotopic (exact) mass is 296 g/mol. The van der Waals surface area contributed by atoms with Crippen molar-refractivity contribution < 1.29 is 9.90 Å². The molecule has 0 fully saturated rings. The van der Waals surface area contributed by atoms with E-state index >= 15 is 0 Å². The quantitative estimate of drug-likeness (QED) is 0.782. The van der Waals surface area contributed by atoms with Gasteiger partial charge in [-0.25, -0.2) is 4.79 Å². The van der Waals surface area contributed by atoms with Crippen molar-refractivity contribution in [2.75, 3.05) is 0 Å². The zero-order valence-electron chi connectivity index (χ0n) is 7.86. The van der Waals surface area contributed by atoms with Crippen LogP contribution >= 0.6 is 46.1 Å². The fourth-order valence-corrected chi connectivity index (χ4v) is 1.87. The number of rotatable bonds is 1. The van der Waals surface area contributed by atoms with Gasteiger partial charge in [0, 0.05) is 4.70 Å². The molecule has 6 heteroatoms. The number of carbonyl (C=O) groups is 1. The van der Waals surface area contributed by atoms with E-state index in [1.807, 2.05) is 17.5 Å². The van der Waals surface area contributed by atoms with Crippen LogP contribution in [0.4, 0.5) is 0 Å². The molecule has 1 heterocycles. The highest BCUT2D eigenvalue weighted by molar-refractivity contribution is 7.17. The molecule has 0 spiro atoms. The fraction of sp³-hybridized carbons (Fsp3) is 0.100. The summed E-state index contributed by atoms with van der Waals surface area (Å²) in [6.45, 7) is 0. The maximum Gasteiger partial charge on any atom is 0.335 e. The number of benzene rings is 1. The molecule has 0 saturated heterocycles. The van der Waals surface area contributed by atoms with Crippen molar-refractivity contribution in [1.82, 2.24) is 0 Å². The molecule has 2 rings (SSSR count). The normalized spacial score (nSPS) is 10.0. The van der Waals surface area contributed by atoms with Gasteiger partial charge < -0.3 is 5.11 Å². The van der Waals surface area contributed by atoms with Crippen molar-refractivity contribution in [2.45, 2.75) is 4.30 Å². The first kappa shape index (κ1) is 13.6. The summed E-state index contributed by atoms with van der Waals surface area (Å²) < 4.78 is 0.375. The van der Waals surface area contributed by atoms with Crippen LogP contribution in [0.25, 0.3) is 10.1 Å². The largest absolute Gasteiger partial charge is 0.478 e. The molecular weight excluding hydrogens is 291 g/mol. The molecule has 0 atom stereocenters. The number of carboxylic acids is 1. The van der Waals surface area contributed by atoms with Crippen LogP contribution in [0, 0.1) is 0 Å². The molecule has 1 aromatic heterocycles. The molecule has 0 aliphatic carbocycles. The van der Waals surface area contributed by atoms with E-state index in [1.54, 1.807) is 23.5 Å². The maximum atomic E-state index is 10.6. The Balaban J connectivity index is 0.000000280. The summed E-state index contributed by atoms with van der Waals surface area (Å²) in [5.41, 5.74) is 0.348. The number of fused-ring (bicyclic) bond motifs is 1. The molecule has 0 bridgehead atoms. The lowest BCUT2D eigenvalue weighted by molar-refractivity contribution is 0.0697.